The molecule has 140 valence electrons. The Balaban J connectivity index is 1.63. The monoisotopic (exact) mass is 373 g/mol. The third-order valence-corrected chi connectivity index (χ3v) is 4.73. The highest BCUT2D eigenvalue weighted by atomic mass is 16.5. The van der Waals surface area contributed by atoms with Crippen molar-refractivity contribution in [1.82, 2.24) is 4.57 Å². The average Bonchev–Trinajstić information content (AvgIpc) is 2.75. The van der Waals surface area contributed by atoms with Gasteiger partial charge in [0.25, 0.3) is 0 Å². The number of ether oxygens (including phenoxy) is 2. The van der Waals surface area contributed by atoms with Crippen LogP contribution >= 0.6 is 0 Å². The standard InChI is InChI=1S/C23H19NO4/c1-27-17-12-10-16(11-13-17)15-28-22(25)14-24-20-8-4-2-6-18(20)23(26)19-7-3-5-9-21(19)24/h2-13H,14-15H2,1H3. The molecule has 3 aromatic carbocycles. The summed E-state index contributed by atoms with van der Waals surface area (Å²) in [5, 5.41) is 1.17. The predicted molar refractivity (Wildman–Crippen MR) is 109 cm³/mol. The molecule has 1 heterocycles. The zero-order valence-corrected chi connectivity index (χ0v) is 15.4. The van der Waals surface area contributed by atoms with Gasteiger partial charge in [-0.3, -0.25) is 9.59 Å². The number of esters is 1. The maximum absolute atomic E-state index is 12.7. The number of carbonyl (C=O) groups excluding carboxylic acids is 1. The number of benzene rings is 3. The molecular formula is C23H19NO4. The van der Waals surface area contributed by atoms with E-state index in [1.165, 1.54) is 0 Å². The quantitative estimate of drug-likeness (QED) is 0.393. The summed E-state index contributed by atoms with van der Waals surface area (Å²) in [7, 11) is 1.61. The lowest BCUT2D eigenvalue weighted by Gasteiger charge is -2.14. The van der Waals surface area contributed by atoms with E-state index in [0.29, 0.717) is 21.8 Å². The van der Waals surface area contributed by atoms with Gasteiger partial charge in [0.2, 0.25) is 0 Å². The van der Waals surface area contributed by atoms with Crippen LogP contribution in [-0.2, 0) is 22.7 Å². The average molecular weight is 373 g/mol. The van der Waals surface area contributed by atoms with Crippen molar-refractivity contribution >= 4 is 27.8 Å². The molecule has 0 spiro atoms. The number of fused-ring (bicyclic) bond motifs is 2. The molecule has 0 unspecified atom stereocenters. The van der Waals surface area contributed by atoms with Crippen molar-refractivity contribution in [3.63, 3.8) is 0 Å². The molecule has 1 aromatic heterocycles. The first-order valence-electron chi connectivity index (χ1n) is 8.96. The lowest BCUT2D eigenvalue weighted by Crippen LogP contribution is -2.18. The Morgan fingerprint density at radius 2 is 1.43 bits per heavy atom. The highest BCUT2D eigenvalue weighted by Gasteiger charge is 2.13. The molecule has 0 saturated heterocycles. The van der Waals surface area contributed by atoms with E-state index >= 15 is 0 Å². The normalized spacial score (nSPS) is 10.9. The van der Waals surface area contributed by atoms with Gasteiger partial charge in [-0.2, -0.15) is 0 Å². The molecular weight excluding hydrogens is 354 g/mol. The Morgan fingerprint density at radius 3 is 2.00 bits per heavy atom. The molecule has 0 saturated carbocycles. The van der Waals surface area contributed by atoms with Crippen molar-refractivity contribution in [1.29, 1.82) is 0 Å². The maximum Gasteiger partial charge on any atom is 0.326 e. The zero-order valence-electron chi connectivity index (χ0n) is 15.4. The predicted octanol–water partition coefficient (Wildman–Crippen LogP) is 3.91. The van der Waals surface area contributed by atoms with Gasteiger partial charge in [-0.15, -0.1) is 0 Å². The minimum Gasteiger partial charge on any atom is -0.497 e. The lowest BCUT2D eigenvalue weighted by atomic mass is 10.1. The second-order valence-corrected chi connectivity index (χ2v) is 6.46. The zero-order chi connectivity index (χ0) is 19.5. The van der Waals surface area contributed by atoms with Crippen molar-refractivity contribution in [3.8, 4) is 5.75 Å². The topological polar surface area (TPSA) is 57.5 Å². The van der Waals surface area contributed by atoms with E-state index in [1.807, 2.05) is 65.2 Å². The van der Waals surface area contributed by atoms with Gasteiger partial charge in [0, 0.05) is 10.8 Å². The smallest absolute Gasteiger partial charge is 0.326 e. The molecule has 0 bridgehead atoms. The van der Waals surface area contributed by atoms with Crippen LogP contribution in [0.4, 0.5) is 0 Å². The van der Waals surface area contributed by atoms with E-state index in [4.69, 9.17) is 9.47 Å². The summed E-state index contributed by atoms with van der Waals surface area (Å²) >= 11 is 0. The lowest BCUT2D eigenvalue weighted by molar-refractivity contribution is -0.145. The van der Waals surface area contributed by atoms with Crippen molar-refractivity contribution in [3.05, 3.63) is 88.6 Å². The number of aromatic nitrogens is 1. The summed E-state index contributed by atoms with van der Waals surface area (Å²) in [5.74, 6) is 0.385. The number of nitrogens with zero attached hydrogens (tertiary/aromatic N) is 1. The van der Waals surface area contributed by atoms with Crippen LogP contribution in [0.1, 0.15) is 5.56 Å². The number of rotatable bonds is 5. The maximum atomic E-state index is 12.7. The van der Waals surface area contributed by atoms with Crippen LogP contribution < -0.4 is 10.2 Å². The first-order chi connectivity index (χ1) is 13.7. The summed E-state index contributed by atoms with van der Waals surface area (Å²) in [5.41, 5.74) is 2.28. The number of carbonyl (C=O) groups is 1. The molecule has 0 aliphatic carbocycles. The minimum absolute atomic E-state index is 0.0253. The summed E-state index contributed by atoms with van der Waals surface area (Å²) < 4.78 is 12.4. The number of hydrogen-bond donors (Lipinski definition) is 0. The molecule has 5 heteroatoms. The first kappa shape index (κ1) is 17.8. The SMILES string of the molecule is COc1ccc(COC(=O)Cn2c3ccccc3c(=O)c3ccccc32)cc1. The number of hydrogen-bond acceptors (Lipinski definition) is 4. The van der Waals surface area contributed by atoms with Crippen LogP contribution in [0.25, 0.3) is 21.8 Å². The summed E-state index contributed by atoms with van der Waals surface area (Å²) in [6.45, 7) is 0.205. The summed E-state index contributed by atoms with van der Waals surface area (Å²) in [6.07, 6.45) is 0. The van der Waals surface area contributed by atoms with Gasteiger partial charge in [-0.05, 0) is 42.0 Å². The molecule has 28 heavy (non-hydrogen) atoms. The fourth-order valence-corrected chi connectivity index (χ4v) is 3.31. The Kier molecular flexibility index (Phi) is 4.81. The van der Waals surface area contributed by atoms with Crippen LogP contribution in [-0.4, -0.2) is 17.6 Å². The molecule has 5 nitrogen and oxygen atoms in total. The van der Waals surface area contributed by atoms with Crippen molar-refractivity contribution in [2.45, 2.75) is 13.2 Å². The highest BCUT2D eigenvalue weighted by Crippen LogP contribution is 2.19. The molecule has 0 aliphatic rings. The summed E-state index contributed by atoms with van der Waals surface area (Å²) in [6, 6.07) is 22.0. The number of pyridine rings is 1. The molecule has 0 fully saturated rings. The largest absolute Gasteiger partial charge is 0.497 e. The van der Waals surface area contributed by atoms with Gasteiger partial charge in [0.05, 0.1) is 18.1 Å². The van der Waals surface area contributed by atoms with Crippen LogP contribution in [0.3, 0.4) is 0 Å². The van der Waals surface area contributed by atoms with Crippen LogP contribution in [0, 0.1) is 0 Å². The fraction of sp³-hybridized carbons (Fsp3) is 0.130. The molecule has 0 N–H and O–H groups in total. The Hall–Kier alpha value is -3.60. The second kappa shape index (κ2) is 7.56. The van der Waals surface area contributed by atoms with Gasteiger partial charge in [0.15, 0.2) is 5.43 Å². The minimum atomic E-state index is -0.366. The molecule has 0 aliphatic heterocycles. The third kappa shape index (κ3) is 3.34. The fourth-order valence-electron chi connectivity index (χ4n) is 3.31. The molecule has 4 rings (SSSR count). The number of methoxy groups -OCH3 is 1. The molecule has 0 amide bonds. The van der Waals surface area contributed by atoms with E-state index in [9.17, 15) is 9.59 Å². The van der Waals surface area contributed by atoms with Crippen LogP contribution in [0.15, 0.2) is 77.6 Å². The third-order valence-electron chi connectivity index (χ3n) is 4.73. The summed E-state index contributed by atoms with van der Waals surface area (Å²) in [4.78, 5) is 25.3. The Labute approximate surface area is 161 Å². The van der Waals surface area contributed by atoms with E-state index in [2.05, 4.69) is 0 Å². The number of para-hydroxylation sites is 2. The van der Waals surface area contributed by atoms with Gasteiger partial charge in [-0.25, -0.2) is 0 Å². The Morgan fingerprint density at radius 1 is 0.857 bits per heavy atom. The van der Waals surface area contributed by atoms with Crippen LogP contribution in [0.2, 0.25) is 0 Å². The Bertz CT molecular complexity index is 1150. The van der Waals surface area contributed by atoms with Gasteiger partial charge >= 0.3 is 5.97 Å². The first-order valence-corrected chi connectivity index (χ1v) is 8.96. The van der Waals surface area contributed by atoms with E-state index in [1.54, 1.807) is 19.2 Å². The van der Waals surface area contributed by atoms with E-state index in [-0.39, 0.29) is 24.5 Å². The van der Waals surface area contributed by atoms with Gasteiger partial charge in [0.1, 0.15) is 18.9 Å². The van der Waals surface area contributed by atoms with E-state index in [0.717, 1.165) is 11.3 Å². The van der Waals surface area contributed by atoms with Crippen molar-refractivity contribution in [2.24, 2.45) is 0 Å². The van der Waals surface area contributed by atoms with E-state index < -0.39 is 0 Å². The highest BCUT2D eigenvalue weighted by molar-refractivity contribution is 5.94. The van der Waals surface area contributed by atoms with Crippen molar-refractivity contribution < 1.29 is 14.3 Å². The van der Waals surface area contributed by atoms with Crippen molar-refractivity contribution in [2.75, 3.05) is 7.11 Å². The molecule has 0 atom stereocenters. The van der Waals surface area contributed by atoms with Crippen LogP contribution in [0.5, 0.6) is 5.75 Å². The molecule has 4 aromatic rings. The van der Waals surface area contributed by atoms with Gasteiger partial charge < -0.3 is 14.0 Å². The second-order valence-electron chi connectivity index (χ2n) is 6.46. The van der Waals surface area contributed by atoms with Gasteiger partial charge in [-0.1, -0.05) is 36.4 Å². The molecule has 0 radical (unpaired) electrons.